The van der Waals surface area contributed by atoms with E-state index in [9.17, 15) is 4.79 Å². The molecular weight excluding hydrogens is 348 g/mol. The largest absolute Gasteiger partial charge is 0.483 e. The molecule has 0 radical (unpaired) electrons. The highest BCUT2D eigenvalue weighted by Crippen LogP contribution is 2.26. The van der Waals surface area contributed by atoms with Crippen molar-refractivity contribution in [1.29, 1.82) is 0 Å². The van der Waals surface area contributed by atoms with Crippen molar-refractivity contribution in [2.75, 3.05) is 23.4 Å². The highest BCUT2D eigenvalue weighted by atomic mass is 16.5. The van der Waals surface area contributed by atoms with Crippen molar-refractivity contribution < 1.29 is 9.53 Å². The standard InChI is InChI=1S/C24H26N2O2/c1-18-7-4-5-16-26(18)21-14-12-20(13-15-21)25-24(27)17-28-23-11-6-9-19-8-2-3-10-22(19)23/h2-3,6,8-15,18H,4-5,7,16-17H2,1H3,(H,25,27)/t18-/m0/s1. The van der Waals surface area contributed by atoms with Crippen LogP contribution < -0.4 is 15.0 Å². The van der Waals surface area contributed by atoms with Gasteiger partial charge in [0.1, 0.15) is 5.75 Å². The van der Waals surface area contributed by atoms with E-state index < -0.39 is 0 Å². The molecular formula is C24H26N2O2. The lowest BCUT2D eigenvalue weighted by molar-refractivity contribution is -0.118. The van der Waals surface area contributed by atoms with Crippen molar-refractivity contribution in [3.8, 4) is 5.75 Å². The van der Waals surface area contributed by atoms with E-state index in [1.165, 1.54) is 24.9 Å². The molecule has 3 aromatic carbocycles. The maximum Gasteiger partial charge on any atom is 0.262 e. The van der Waals surface area contributed by atoms with Gasteiger partial charge in [-0.25, -0.2) is 0 Å². The fourth-order valence-electron chi connectivity index (χ4n) is 3.88. The molecule has 0 bridgehead atoms. The van der Waals surface area contributed by atoms with E-state index in [2.05, 4.69) is 29.3 Å². The number of ether oxygens (including phenoxy) is 1. The number of nitrogens with zero attached hydrogens (tertiary/aromatic N) is 1. The van der Waals surface area contributed by atoms with Gasteiger partial charge < -0.3 is 15.0 Å². The van der Waals surface area contributed by atoms with Crippen LogP contribution in [0.5, 0.6) is 5.75 Å². The zero-order chi connectivity index (χ0) is 19.3. The second kappa shape index (κ2) is 8.34. The van der Waals surface area contributed by atoms with Gasteiger partial charge in [0.2, 0.25) is 0 Å². The second-order valence-corrected chi connectivity index (χ2v) is 7.40. The Bertz CT molecular complexity index is 947. The second-order valence-electron chi connectivity index (χ2n) is 7.40. The molecule has 0 unspecified atom stereocenters. The molecule has 4 rings (SSSR count). The van der Waals surface area contributed by atoms with Crippen molar-refractivity contribution >= 4 is 28.1 Å². The topological polar surface area (TPSA) is 41.6 Å². The van der Waals surface area contributed by atoms with Crippen LogP contribution in [0, 0.1) is 0 Å². The molecule has 0 spiro atoms. The van der Waals surface area contributed by atoms with Crippen LogP contribution in [0.3, 0.4) is 0 Å². The Kier molecular flexibility index (Phi) is 5.47. The van der Waals surface area contributed by atoms with Gasteiger partial charge in [0.25, 0.3) is 5.91 Å². The Labute approximate surface area is 166 Å². The van der Waals surface area contributed by atoms with Gasteiger partial charge in [0.15, 0.2) is 6.61 Å². The van der Waals surface area contributed by atoms with E-state index in [1.807, 2.05) is 54.6 Å². The van der Waals surface area contributed by atoms with E-state index in [-0.39, 0.29) is 12.5 Å². The first kappa shape index (κ1) is 18.4. The fraction of sp³-hybridized carbons (Fsp3) is 0.292. The van der Waals surface area contributed by atoms with Gasteiger partial charge in [-0.3, -0.25) is 4.79 Å². The Morgan fingerprint density at radius 2 is 1.82 bits per heavy atom. The average molecular weight is 374 g/mol. The maximum absolute atomic E-state index is 12.3. The molecule has 0 aliphatic carbocycles. The first-order valence-electron chi connectivity index (χ1n) is 9.98. The normalized spacial score (nSPS) is 16.8. The minimum Gasteiger partial charge on any atom is -0.483 e. The van der Waals surface area contributed by atoms with Crippen LogP contribution in [-0.4, -0.2) is 25.1 Å². The van der Waals surface area contributed by atoms with Gasteiger partial charge >= 0.3 is 0 Å². The van der Waals surface area contributed by atoms with Crippen molar-refractivity contribution in [3.63, 3.8) is 0 Å². The molecule has 4 nitrogen and oxygen atoms in total. The van der Waals surface area contributed by atoms with Crippen LogP contribution >= 0.6 is 0 Å². The molecule has 1 amide bonds. The number of anilines is 2. The zero-order valence-electron chi connectivity index (χ0n) is 16.2. The number of hydrogen-bond acceptors (Lipinski definition) is 3. The molecule has 1 heterocycles. The van der Waals surface area contributed by atoms with E-state index in [1.54, 1.807) is 0 Å². The summed E-state index contributed by atoms with van der Waals surface area (Å²) < 4.78 is 5.77. The molecule has 0 saturated carbocycles. The van der Waals surface area contributed by atoms with Crippen LogP contribution in [0.4, 0.5) is 11.4 Å². The third-order valence-electron chi connectivity index (χ3n) is 5.39. The van der Waals surface area contributed by atoms with Gasteiger partial charge in [0, 0.05) is 29.3 Å². The monoisotopic (exact) mass is 374 g/mol. The molecule has 1 N–H and O–H groups in total. The smallest absolute Gasteiger partial charge is 0.262 e. The molecule has 4 heteroatoms. The molecule has 144 valence electrons. The maximum atomic E-state index is 12.3. The lowest BCUT2D eigenvalue weighted by atomic mass is 10.0. The van der Waals surface area contributed by atoms with Crippen LogP contribution in [0.2, 0.25) is 0 Å². The molecule has 1 aliphatic rings. The third kappa shape index (κ3) is 4.11. The fourth-order valence-corrected chi connectivity index (χ4v) is 3.88. The SMILES string of the molecule is C[C@H]1CCCCN1c1ccc(NC(=O)COc2cccc3ccccc23)cc1. The van der Waals surface area contributed by atoms with Gasteiger partial charge in [-0.2, -0.15) is 0 Å². The van der Waals surface area contributed by atoms with Crippen LogP contribution in [0.25, 0.3) is 10.8 Å². The number of piperidine rings is 1. The molecule has 3 aromatic rings. The molecule has 28 heavy (non-hydrogen) atoms. The Hall–Kier alpha value is -3.01. The van der Waals surface area contributed by atoms with E-state index in [0.717, 1.165) is 28.8 Å². The van der Waals surface area contributed by atoms with E-state index in [4.69, 9.17) is 4.74 Å². The Morgan fingerprint density at radius 1 is 1.04 bits per heavy atom. The first-order chi connectivity index (χ1) is 13.7. The minimum atomic E-state index is -0.160. The highest BCUT2D eigenvalue weighted by Gasteiger charge is 2.18. The molecule has 1 fully saturated rings. The first-order valence-corrected chi connectivity index (χ1v) is 9.98. The number of carbonyl (C=O) groups excluding carboxylic acids is 1. The number of rotatable bonds is 5. The summed E-state index contributed by atoms with van der Waals surface area (Å²) in [4.78, 5) is 14.8. The zero-order valence-corrected chi connectivity index (χ0v) is 16.2. The molecule has 0 aromatic heterocycles. The van der Waals surface area contributed by atoms with Crippen LogP contribution in [-0.2, 0) is 4.79 Å². The van der Waals surface area contributed by atoms with Crippen molar-refractivity contribution in [3.05, 3.63) is 66.7 Å². The lowest BCUT2D eigenvalue weighted by Gasteiger charge is -2.35. The van der Waals surface area contributed by atoms with Crippen molar-refractivity contribution in [2.24, 2.45) is 0 Å². The number of nitrogens with one attached hydrogen (secondary N) is 1. The summed E-state index contributed by atoms with van der Waals surface area (Å²) in [5, 5.41) is 5.03. The average Bonchev–Trinajstić information content (AvgIpc) is 2.73. The summed E-state index contributed by atoms with van der Waals surface area (Å²) in [5.74, 6) is 0.565. The molecule has 1 aliphatic heterocycles. The summed E-state index contributed by atoms with van der Waals surface area (Å²) in [6, 6.07) is 22.5. The summed E-state index contributed by atoms with van der Waals surface area (Å²) in [5.41, 5.74) is 2.01. The minimum absolute atomic E-state index is 0.0150. The van der Waals surface area contributed by atoms with Gasteiger partial charge in [-0.1, -0.05) is 36.4 Å². The quantitative estimate of drug-likeness (QED) is 0.664. The highest BCUT2D eigenvalue weighted by molar-refractivity contribution is 5.93. The number of benzene rings is 3. The van der Waals surface area contributed by atoms with Crippen molar-refractivity contribution in [1.82, 2.24) is 0 Å². The molecule has 1 atom stereocenters. The molecule has 1 saturated heterocycles. The Morgan fingerprint density at radius 3 is 2.64 bits per heavy atom. The van der Waals surface area contributed by atoms with Gasteiger partial charge in [-0.15, -0.1) is 0 Å². The number of amides is 1. The number of hydrogen-bond donors (Lipinski definition) is 1. The Balaban J connectivity index is 1.36. The lowest BCUT2D eigenvalue weighted by Crippen LogP contribution is -2.37. The van der Waals surface area contributed by atoms with Crippen molar-refractivity contribution in [2.45, 2.75) is 32.2 Å². The summed E-state index contributed by atoms with van der Waals surface area (Å²) >= 11 is 0. The van der Waals surface area contributed by atoms with Gasteiger partial charge in [-0.05, 0) is 61.9 Å². The van der Waals surface area contributed by atoms with E-state index in [0.29, 0.717) is 6.04 Å². The predicted octanol–water partition coefficient (Wildman–Crippen LogP) is 5.24. The third-order valence-corrected chi connectivity index (χ3v) is 5.39. The van der Waals surface area contributed by atoms with Crippen LogP contribution in [0.1, 0.15) is 26.2 Å². The van der Waals surface area contributed by atoms with Crippen LogP contribution in [0.15, 0.2) is 66.7 Å². The number of carbonyl (C=O) groups is 1. The summed E-state index contributed by atoms with van der Waals surface area (Å²) in [6.45, 7) is 3.37. The predicted molar refractivity (Wildman–Crippen MR) is 115 cm³/mol. The van der Waals surface area contributed by atoms with Gasteiger partial charge in [0.05, 0.1) is 0 Å². The summed E-state index contributed by atoms with van der Waals surface area (Å²) in [7, 11) is 0. The number of fused-ring (bicyclic) bond motifs is 1. The summed E-state index contributed by atoms with van der Waals surface area (Å²) in [6.07, 6.45) is 3.79. The van der Waals surface area contributed by atoms with E-state index >= 15 is 0 Å².